The minimum Gasteiger partial charge on any atom is -0.464 e. The Labute approximate surface area is 131 Å². The first kappa shape index (κ1) is 18.4. The van der Waals surface area contributed by atoms with Crippen LogP contribution < -0.4 is 16.4 Å². The Kier molecular flexibility index (Phi) is 6.80. The van der Waals surface area contributed by atoms with Crippen molar-refractivity contribution in [2.75, 3.05) is 6.61 Å². The summed E-state index contributed by atoms with van der Waals surface area (Å²) in [4.78, 5) is 36.1. The van der Waals surface area contributed by atoms with Gasteiger partial charge in [0, 0.05) is 0 Å². The number of nitrogens with one attached hydrogen (secondary N) is 2. The second kappa shape index (κ2) is 8.12. The summed E-state index contributed by atoms with van der Waals surface area (Å²) in [5.74, 6) is -1.20. The van der Waals surface area contributed by atoms with E-state index in [4.69, 9.17) is 10.5 Å². The molecule has 126 valence electrons. The van der Waals surface area contributed by atoms with Gasteiger partial charge in [0.05, 0.1) is 12.6 Å². The van der Waals surface area contributed by atoms with Crippen LogP contribution in [0.25, 0.3) is 0 Å². The lowest BCUT2D eigenvalue weighted by molar-refractivity contribution is -0.155. The number of nitrogens with two attached hydrogens (primary N) is 1. The summed E-state index contributed by atoms with van der Waals surface area (Å²) in [6.07, 6.45) is 3.88. The van der Waals surface area contributed by atoms with Crippen molar-refractivity contribution in [2.45, 2.75) is 70.5 Å². The summed E-state index contributed by atoms with van der Waals surface area (Å²) in [6.45, 7) is 5.12. The molecule has 4 N–H and O–H groups in total. The van der Waals surface area contributed by atoms with Crippen LogP contribution in [0.3, 0.4) is 0 Å². The van der Waals surface area contributed by atoms with Crippen molar-refractivity contribution in [1.82, 2.24) is 10.6 Å². The topological polar surface area (TPSA) is 111 Å². The van der Waals surface area contributed by atoms with Crippen LogP contribution in [0.2, 0.25) is 0 Å². The highest BCUT2D eigenvalue weighted by atomic mass is 16.5. The fraction of sp³-hybridized carbons (Fsp3) is 0.800. The molecule has 0 unspecified atom stereocenters. The van der Waals surface area contributed by atoms with Gasteiger partial charge in [-0.3, -0.25) is 9.59 Å². The van der Waals surface area contributed by atoms with Gasteiger partial charge in [0.1, 0.15) is 11.6 Å². The Balaban J connectivity index is 2.74. The Hall–Kier alpha value is -1.63. The zero-order valence-electron chi connectivity index (χ0n) is 13.6. The molecule has 0 saturated heterocycles. The van der Waals surface area contributed by atoms with Gasteiger partial charge in [-0.15, -0.1) is 0 Å². The highest BCUT2D eigenvalue weighted by molar-refractivity contribution is 5.93. The molecule has 0 aromatic rings. The summed E-state index contributed by atoms with van der Waals surface area (Å²) in [6, 6.07) is -1.45. The second-order valence-electron chi connectivity index (χ2n) is 5.87. The van der Waals surface area contributed by atoms with Gasteiger partial charge in [-0.25, -0.2) is 4.79 Å². The molecule has 2 atom stereocenters. The molecule has 0 aromatic heterocycles. The summed E-state index contributed by atoms with van der Waals surface area (Å²) < 4.78 is 5.12. The van der Waals surface area contributed by atoms with Gasteiger partial charge in [0.25, 0.3) is 0 Å². The quantitative estimate of drug-likeness (QED) is 0.608. The number of carbonyl (C=O) groups is 3. The van der Waals surface area contributed by atoms with Crippen LogP contribution in [0.4, 0.5) is 0 Å². The van der Waals surface area contributed by atoms with E-state index in [1.54, 1.807) is 20.8 Å². The van der Waals surface area contributed by atoms with E-state index in [1.165, 1.54) is 0 Å². The standard InChI is InChI=1S/C15H27N3O4/c1-4-22-14(21)15(8-6-5-7-9-15)18-13(20)11(3)17-12(19)10(2)16/h10-11H,4-9,16H2,1-3H3,(H,17,19)(H,18,20)/t10-,11-/m0/s1. The maximum Gasteiger partial charge on any atom is 0.331 e. The molecule has 0 aliphatic heterocycles. The van der Waals surface area contributed by atoms with Gasteiger partial charge in [-0.2, -0.15) is 0 Å². The van der Waals surface area contributed by atoms with Crippen molar-refractivity contribution in [3.63, 3.8) is 0 Å². The smallest absolute Gasteiger partial charge is 0.331 e. The molecule has 7 nitrogen and oxygen atoms in total. The van der Waals surface area contributed by atoms with Crippen LogP contribution in [-0.2, 0) is 19.1 Å². The van der Waals surface area contributed by atoms with E-state index >= 15 is 0 Å². The highest BCUT2D eigenvalue weighted by Crippen LogP contribution is 2.29. The van der Waals surface area contributed by atoms with Crippen molar-refractivity contribution >= 4 is 17.8 Å². The molecule has 0 radical (unpaired) electrons. The molecule has 22 heavy (non-hydrogen) atoms. The fourth-order valence-electron chi connectivity index (χ4n) is 2.56. The molecule has 1 aliphatic rings. The Morgan fingerprint density at radius 2 is 1.73 bits per heavy atom. The Morgan fingerprint density at radius 1 is 1.14 bits per heavy atom. The second-order valence-corrected chi connectivity index (χ2v) is 5.87. The average Bonchev–Trinajstić information content (AvgIpc) is 2.48. The molecule has 0 aromatic carbocycles. The zero-order valence-corrected chi connectivity index (χ0v) is 13.6. The molecule has 1 fully saturated rings. The first-order valence-electron chi connectivity index (χ1n) is 7.87. The van der Waals surface area contributed by atoms with E-state index in [0.29, 0.717) is 12.8 Å². The number of hydrogen-bond donors (Lipinski definition) is 3. The molecular formula is C15H27N3O4. The van der Waals surface area contributed by atoms with Crippen molar-refractivity contribution in [1.29, 1.82) is 0 Å². The maximum atomic E-state index is 12.3. The molecule has 7 heteroatoms. The molecule has 2 amide bonds. The molecule has 0 spiro atoms. The molecule has 0 bridgehead atoms. The van der Waals surface area contributed by atoms with Gasteiger partial charge in [0.15, 0.2) is 0 Å². The summed E-state index contributed by atoms with van der Waals surface area (Å²) in [5, 5.41) is 5.32. The van der Waals surface area contributed by atoms with Gasteiger partial charge in [-0.05, 0) is 33.6 Å². The van der Waals surface area contributed by atoms with E-state index in [9.17, 15) is 14.4 Å². The van der Waals surface area contributed by atoms with Crippen LogP contribution in [0.1, 0.15) is 52.9 Å². The van der Waals surface area contributed by atoms with Gasteiger partial charge < -0.3 is 21.1 Å². The lowest BCUT2D eigenvalue weighted by atomic mass is 9.81. The average molecular weight is 313 g/mol. The number of amides is 2. The normalized spacial score (nSPS) is 19.6. The van der Waals surface area contributed by atoms with Crippen LogP contribution in [0, 0.1) is 0 Å². The molecule has 1 saturated carbocycles. The van der Waals surface area contributed by atoms with E-state index in [-0.39, 0.29) is 6.61 Å². The number of ether oxygens (including phenoxy) is 1. The van der Waals surface area contributed by atoms with E-state index in [0.717, 1.165) is 19.3 Å². The van der Waals surface area contributed by atoms with Crippen LogP contribution in [0.5, 0.6) is 0 Å². The largest absolute Gasteiger partial charge is 0.464 e. The highest BCUT2D eigenvalue weighted by Gasteiger charge is 2.43. The van der Waals surface area contributed by atoms with Crippen molar-refractivity contribution < 1.29 is 19.1 Å². The predicted octanol–water partition coefficient (Wildman–Crippen LogP) is 0.221. The number of rotatable bonds is 6. The number of carbonyl (C=O) groups excluding carboxylic acids is 3. The molecule has 1 rings (SSSR count). The Morgan fingerprint density at radius 3 is 2.23 bits per heavy atom. The zero-order chi connectivity index (χ0) is 16.8. The number of hydrogen-bond acceptors (Lipinski definition) is 5. The first-order chi connectivity index (χ1) is 10.3. The van der Waals surface area contributed by atoms with Gasteiger partial charge >= 0.3 is 5.97 Å². The van der Waals surface area contributed by atoms with Gasteiger partial charge in [-0.1, -0.05) is 19.3 Å². The molecular weight excluding hydrogens is 286 g/mol. The van der Waals surface area contributed by atoms with Gasteiger partial charge in [0.2, 0.25) is 11.8 Å². The summed E-state index contributed by atoms with van der Waals surface area (Å²) in [5.41, 5.74) is 4.49. The molecule has 1 aliphatic carbocycles. The summed E-state index contributed by atoms with van der Waals surface area (Å²) >= 11 is 0. The number of esters is 1. The van der Waals surface area contributed by atoms with Crippen molar-refractivity contribution in [3.8, 4) is 0 Å². The lowest BCUT2D eigenvalue weighted by Crippen LogP contribution is -2.60. The minimum atomic E-state index is -0.974. The van der Waals surface area contributed by atoms with Crippen LogP contribution >= 0.6 is 0 Å². The minimum absolute atomic E-state index is 0.271. The Bertz CT molecular complexity index is 417. The third-order valence-corrected chi connectivity index (χ3v) is 3.90. The first-order valence-corrected chi connectivity index (χ1v) is 7.87. The third-order valence-electron chi connectivity index (χ3n) is 3.90. The fourth-order valence-corrected chi connectivity index (χ4v) is 2.56. The predicted molar refractivity (Wildman–Crippen MR) is 81.8 cm³/mol. The van der Waals surface area contributed by atoms with E-state index < -0.39 is 35.4 Å². The van der Waals surface area contributed by atoms with E-state index in [2.05, 4.69) is 10.6 Å². The lowest BCUT2D eigenvalue weighted by Gasteiger charge is -2.36. The third kappa shape index (κ3) is 4.69. The summed E-state index contributed by atoms with van der Waals surface area (Å²) in [7, 11) is 0. The maximum absolute atomic E-state index is 12.3. The van der Waals surface area contributed by atoms with Crippen molar-refractivity contribution in [3.05, 3.63) is 0 Å². The molecule has 0 heterocycles. The van der Waals surface area contributed by atoms with Crippen molar-refractivity contribution in [2.24, 2.45) is 5.73 Å². The SMILES string of the molecule is CCOC(=O)C1(NC(=O)[C@H](C)NC(=O)[C@H](C)N)CCCCC1. The van der Waals surface area contributed by atoms with Crippen LogP contribution in [-0.4, -0.2) is 42.0 Å². The monoisotopic (exact) mass is 313 g/mol. The van der Waals surface area contributed by atoms with Crippen LogP contribution in [0.15, 0.2) is 0 Å². The van der Waals surface area contributed by atoms with E-state index in [1.807, 2.05) is 0 Å².